The van der Waals surface area contributed by atoms with E-state index >= 15 is 0 Å². The van der Waals surface area contributed by atoms with E-state index in [0.717, 1.165) is 19.4 Å². The molecule has 3 saturated heterocycles. The summed E-state index contributed by atoms with van der Waals surface area (Å²) in [7, 11) is 1.58. The van der Waals surface area contributed by atoms with E-state index in [9.17, 15) is 9.90 Å². The molecule has 3 aliphatic heterocycles. The Morgan fingerprint density at radius 2 is 2.40 bits per heavy atom. The zero-order valence-corrected chi connectivity index (χ0v) is 9.40. The van der Waals surface area contributed by atoms with Crippen molar-refractivity contribution in [2.45, 2.75) is 31.3 Å². The highest BCUT2D eigenvalue weighted by atomic mass is 16.5. The number of aliphatic hydroxyl groups is 1. The topological polar surface area (TPSA) is 49.8 Å². The number of aliphatic hydroxyl groups excluding tert-OH is 1. The van der Waals surface area contributed by atoms with Crippen LogP contribution in [0.2, 0.25) is 0 Å². The molecule has 0 spiro atoms. The smallest absolute Gasteiger partial charge is 0.161 e. The SMILES string of the molecule is COC[C@@]1(CO)C(=O)[C@H]2CCN1[C@H](C)C2. The van der Waals surface area contributed by atoms with Crippen molar-refractivity contribution < 1.29 is 14.6 Å². The second kappa shape index (κ2) is 3.85. The first kappa shape index (κ1) is 11.0. The first-order valence-corrected chi connectivity index (χ1v) is 5.56. The van der Waals surface area contributed by atoms with Gasteiger partial charge in [0.25, 0.3) is 0 Å². The van der Waals surface area contributed by atoms with Gasteiger partial charge in [-0.2, -0.15) is 0 Å². The standard InChI is InChI=1S/C11H19NO3/c1-8-5-9-3-4-12(8)11(6-13,7-15-2)10(9)14/h8-9,13H,3-7H2,1-2H3/t8-,9+,11+/m1/s1. The Bertz CT molecular complexity index is 269. The van der Waals surface area contributed by atoms with Crippen molar-refractivity contribution >= 4 is 5.78 Å². The van der Waals surface area contributed by atoms with Gasteiger partial charge in [-0.3, -0.25) is 9.69 Å². The van der Waals surface area contributed by atoms with Gasteiger partial charge in [-0.1, -0.05) is 0 Å². The van der Waals surface area contributed by atoms with E-state index in [1.807, 2.05) is 0 Å². The zero-order chi connectivity index (χ0) is 11.1. The molecule has 4 heteroatoms. The molecule has 3 rings (SSSR count). The van der Waals surface area contributed by atoms with Crippen LogP contribution in [0.3, 0.4) is 0 Å². The maximum absolute atomic E-state index is 12.2. The highest BCUT2D eigenvalue weighted by Crippen LogP contribution is 2.39. The van der Waals surface area contributed by atoms with Gasteiger partial charge in [0.05, 0.1) is 13.2 Å². The third-order valence-electron chi connectivity index (χ3n) is 3.90. The number of nitrogens with zero attached hydrogens (tertiary/aromatic N) is 1. The summed E-state index contributed by atoms with van der Waals surface area (Å²) in [6, 6.07) is 0.378. The van der Waals surface area contributed by atoms with Gasteiger partial charge in [0.1, 0.15) is 5.54 Å². The Labute approximate surface area is 90.2 Å². The first-order chi connectivity index (χ1) is 7.15. The molecule has 0 saturated carbocycles. The molecule has 3 aliphatic rings. The fourth-order valence-electron chi connectivity index (χ4n) is 3.17. The van der Waals surface area contributed by atoms with Gasteiger partial charge in [-0.25, -0.2) is 0 Å². The van der Waals surface area contributed by atoms with Crippen molar-refractivity contribution in [1.82, 2.24) is 4.90 Å². The molecule has 1 unspecified atom stereocenters. The molecule has 0 aromatic carbocycles. The molecule has 1 N–H and O–H groups in total. The molecule has 15 heavy (non-hydrogen) atoms. The second-order valence-electron chi connectivity index (χ2n) is 4.75. The van der Waals surface area contributed by atoms with Crippen LogP contribution in [0.15, 0.2) is 0 Å². The van der Waals surface area contributed by atoms with Crippen LogP contribution in [0.25, 0.3) is 0 Å². The van der Waals surface area contributed by atoms with E-state index in [2.05, 4.69) is 11.8 Å². The lowest BCUT2D eigenvalue weighted by molar-refractivity contribution is -0.164. The molecule has 86 valence electrons. The number of ketones is 1. The van der Waals surface area contributed by atoms with Crippen LogP contribution in [-0.4, -0.2) is 54.2 Å². The highest BCUT2D eigenvalue weighted by Gasteiger charge is 2.55. The minimum absolute atomic E-state index is 0.124. The molecule has 3 heterocycles. The summed E-state index contributed by atoms with van der Waals surface area (Å²) in [5.74, 6) is 0.309. The fraction of sp³-hybridized carbons (Fsp3) is 0.909. The number of fused-ring (bicyclic) bond motifs is 3. The van der Waals surface area contributed by atoms with Crippen LogP contribution < -0.4 is 0 Å². The van der Waals surface area contributed by atoms with Gasteiger partial charge in [0.2, 0.25) is 0 Å². The largest absolute Gasteiger partial charge is 0.394 e. The van der Waals surface area contributed by atoms with Crippen LogP contribution in [0.4, 0.5) is 0 Å². The average molecular weight is 213 g/mol. The lowest BCUT2D eigenvalue weighted by Crippen LogP contribution is -2.71. The van der Waals surface area contributed by atoms with Gasteiger partial charge in [0.15, 0.2) is 5.78 Å². The summed E-state index contributed by atoms with van der Waals surface area (Å²) in [5.41, 5.74) is -0.755. The monoisotopic (exact) mass is 213 g/mol. The van der Waals surface area contributed by atoms with Crippen molar-refractivity contribution in [3.8, 4) is 0 Å². The first-order valence-electron chi connectivity index (χ1n) is 5.56. The van der Waals surface area contributed by atoms with Crippen molar-refractivity contribution in [3.63, 3.8) is 0 Å². The Morgan fingerprint density at radius 1 is 1.67 bits per heavy atom. The molecule has 2 bridgehead atoms. The lowest BCUT2D eigenvalue weighted by atomic mass is 9.71. The summed E-state index contributed by atoms with van der Waals surface area (Å²) in [6.07, 6.45) is 1.87. The van der Waals surface area contributed by atoms with Gasteiger partial charge >= 0.3 is 0 Å². The number of methoxy groups -OCH3 is 1. The van der Waals surface area contributed by atoms with Crippen molar-refractivity contribution in [2.24, 2.45) is 5.92 Å². The summed E-state index contributed by atoms with van der Waals surface area (Å²) < 4.78 is 5.12. The highest BCUT2D eigenvalue weighted by molar-refractivity contribution is 5.92. The number of carbonyl (C=O) groups excluding carboxylic acids is 1. The Morgan fingerprint density at radius 3 is 2.93 bits per heavy atom. The van der Waals surface area contributed by atoms with Gasteiger partial charge < -0.3 is 9.84 Å². The predicted octanol–water partition coefficient (Wildman–Crippen LogP) is 0.0471. The van der Waals surface area contributed by atoms with E-state index < -0.39 is 5.54 Å². The Hall–Kier alpha value is -0.450. The van der Waals surface area contributed by atoms with E-state index in [-0.39, 0.29) is 18.3 Å². The van der Waals surface area contributed by atoms with Crippen LogP contribution in [0, 0.1) is 5.92 Å². The van der Waals surface area contributed by atoms with Gasteiger partial charge in [-0.05, 0) is 19.8 Å². The Balaban J connectivity index is 2.32. The molecular weight excluding hydrogens is 194 g/mol. The molecule has 0 radical (unpaired) electrons. The molecule has 0 aliphatic carbocycles. The van der Waals surface area contributed by atoms with Crippen LogP contribution >= 0.6 is 0 Å². The van der Waals surface area contributed by atoms with Crippen molar-refractivity contribution in [3.05, 3.63) is 0 Å². The summed E-state index contributed by atoms with van der Waals surface area (Å²) in [6.45, 7) is 3.21. The minimum Gasteiger partial charge on any atom is -0.394 e. The molecular formula is C11H19NO3. The maximum Gasteiger partial charge on any atom is 0.161 e. The Kier molecular flexibility index (Phi) is 2.83. The second-order valence-corrected chi connectivity index (χ2v) is 4.75. The number of hydrogen-bond donors (Lipinski definition) is 1. The molecule has 0 aromatic rings. The number of piperidine rings is 3. The number of hydrogen-bond acceptors (Lipinski definition) is 4. The van der Waals surface area contributed by atoms with E-state index in [1.165, 1.54) is 0 Å². The normalized spacial score (nSPS) is 44.7. The van der Waals surface area contributed by atoms with Gasteiger partial charge in [0, 0.05) is 25.6 Å². The van der Waals surface area contributed by atoms with E-state index in [1.54, 1.807) is 7.11 Å². The number of carbonyl (C=O) groups is 1. The van der Waals surface area contributed by atoms with Crippen LogP contribution in [-0.2, 0) is 9.53 Å². The third-order valence-corrected chi connectivity index (χ3v) is 3.90. The summed E-state index contributed by atoms with van der Waals surface area (Å²) in [5, 5.41) is 9.54. The van der Waals surface area contributed by atoms with E-state index in [4.69, 9.17) is 4.74 Å². The fourth-order valence-corrected chi connectivity index (χ4v) is 3.17. The van der Waals surface area contributed by atoms with E-state index in [0.29, 0.717) is 12.6 Å². The molecule has 0 aromatic heterocycles. The van der Waals surface area contributed by atoms with Gasteiger partial charge in [-0.15, -0.1) is 0 Å². The van der Waals surface area contributed by atoms with Crippen LogP contribution in [0.5, 0.6) is 0 Å². The average Bonchev–Trinajstić information content (AvgIpc) is 2.24. The van der Waals surface area contributed by atoms with Crippen LogP contribution in [0.1, 0.15) is 19.8 Å². The number of rotatable bonds is 3. The summed E-state index contributed by atoms with van der Waals surface area (Å²) >= 11 is 0. The summed E-state index contributed by atoms with van der Waals surface area (Å²) in [4.78, 5) is 14.3. The van der Waals surface area contributed by atoms with Crippen molar-refractivity contribution in [1.29, 1.82) is 0 Å². The lowest BCUT2D eigenvalue weighted by Gasteiger charge is -2.55. The molecule has 0 amide bonds. The number of Topliss-reactive ketones (excluding diaryl/α,β-unsaturated/α-hetero) is 1. The maximum atomic E-state index is 12.2. The molecule has 4 nitrogen and oxygen atoms in total. The minimum atomic E-state index is -0.755. The quantitative estimate of drug-likeness (QED) is 0.719. The predicted molar refractivity (Wildman–Crippen MR) is 55.6 cm³/mol. The number of ether oxygens (including phenoxy) is 1. The molecule has 3 fully saturated rings. The van der Waals surface area contributed by atoms with Crippen molar-refractivity contribution in [2.75, 3.05) is 26.9 Å². The molecule has 4 atom stereocenters. The third kappa shape index (κ3) is 1.43. The zero-order valence-electron chi connectivity index (χ0n) is 9.40.